The highest BCUT2D eigenvalue weighted by atomic mass is 32.1. The molecule has 0 radical (unpaired) electrons. The molecule has 5 heteroatoms. The molecule has 0 spiro atoms. The van der Waals surface area contributed by atoms with Crippen LogP contribution in [0.1, 0.15) is 18.9 Å². The van der Waals surface area contributed by atoms with Gasteiger partial charge < -0.3 is 15.2 Å². The summed E-state index contributed by atoms with van der Waals surface area (Å²) in [5.41, 5.74) is 6.47. The highest BCUT2D eigenvalue weighted by Crippen LogP contribution is 2.37. The largest absolute Gasteiger partial charge is 0.492 e. The van der Waals surface area contributed by atoms with Crippen LogP contribution in [-0.4, -0.2) is 24.7 Å². The minimum atomic E-state index is 0.605. The molecule has 0 amide bonds. The first kappa shape index (κ1) is 13.1. The van der Waals surface area contributed by atoms with Crippen LogP contribution in [0.3, 0.4) is 0 Å². The van der Waals surface area contributed by atoms with E-state index in [1.165, 1.54) is 0 Å². The number of ether oxygens (including phenoxy) is 2. The van der Waals surface area contributed by atoms with Crippen molar-refractivity contribution in [1.29, 1.82) is 0 Å². The number of nitrogens with zero attached hydrogens (tertiary/aromatic N) is 1. The average molecular weight is 266 g/mol. The van der Waals surface area contributed by atoms with Crippen LogP contribution in [0.25, 0.3) is 10.2 Å². The summed E-state index contributed by atoms with van der Waals surface area (Å²) in [4.78, 5) is 4.60. The number of nitrogens with two attached hydrogens (primary N) is 1. The zero-order valence-electron chi connectivity index (χ0n) is 10.7. The van der Waals surface area contributed by atoms with Gasteiger partial charge >= 0.3 is 0 Å². The second kappa shape index (κ2) is 6.02. The second-order valence-electron chi connectivity index (χ2n) is 3.75. The molecule has 0 unspecified atom stereocenters. The zero-order chi connectivity index (χ0) is 13.0. The van der Waals surface area contributed by atoms with Gasteiger partial charge in [0.1, 0.15) is 21.7 Å². The van der Waals surface area contributed by atoms with E-state index in [2.05, 4.69) is 4.98 Å². The van der Waals surface area contributed by atoms with Crippen molar-refractivity contribution in [3.05, 3.63) is 17.1 Å². The van der Waals surface area contributed by atoms with Crippen molar-refractivity contribution in [1.82, 2.24) is 4.98 Å². The standard InChI is InChI=1S/C13H18N2O2S/c1-3-16-9-5-6-10(17-4-2)13-12(9)15-11(18-13)7-8-14/h5-6H,3-4,7-8,14H2,1-2H3. The van der Waals surface area contributed by atoms with E-state index in [0.29, 0.717) is 19.8 Å². The van der Waals surface area contributed by atoms with E-state index in [1.807, 2.05) is 26.0 Å². The van der Waals surface area contributed by atoms with Gasteiger partial charge in [-0.25, -0.2) is 4.98 Å². The predicted molar refractivity (Wildman–Crippen MR) is 74.7 cm³/mol. The third-order valence-electron chi connectivity index (χ3n) is 2.47. The van der Waals surface area contributed by atoms with Crippen LogP contribution >= 0.6 is 11.3 Å². The van der Waals surface area contributed by atoms with Gasteiger partial charge in [0.15, 0.2) is 0 Å². The van der Waals surface area contributed by atoms with Crippen molar-refractivity contribution < 1.29 is 9.47 Å². The van der Waals surface area contributed by atoms with Crippen molar-refractivity contribution in [2.45, 2.75) is 20.3 Å². The molecule has 2 aromatic rings. The zero-order valence-corrected chi connectivity index (χ0v) is 11.5. The Balaban J connectivity index is 2.51. The lowest BCUT2D eigenvalue weighted by Crippen LogP contribution is -2.01. The van der Waals surface area contributed by atoms with Crippen molar-refractivity contribution in [2.24, 2.45) is 5.73 Å². The molecule has 2 N–H and O–H groups in total. The third kappa shape index (κ3) is 2.57. The third-order valence-corrected chi connectivity index (χ3v) is 3.60. The molecule has 0 aliphatic heterocycles. The maximum Gasteiger partial charge on any atom is 0.146 e. The fraction of sp³-hybridized carbons (Fsp3) is 0.462. The molecule has 4 nitrogen and oxygen atoms in total. The van der Waals surface area contributed by atoms with Gasteiger partial charge in [0.05, 0.1) is 18.2 Å². The molecule has 0 saturated carbocycles. The summed E-state index contributed by atoms with van der Waals surface area (Å²) in [5.74, 6) is 1.69. The molecule has 1 heterocycles. The minimum absolute atomic E-state index is 0.605. The molecule has 1 aromatic carbocycles. The Kier molecular flexibility index (Phi) is 4.38. The molecule has 0 atom stereocenters. The first-order valence-electron chi connectivity index (χ1n) is 6.18. The smallest absolute Gasteiger partial charge is 0.146 e. The summed E-state index contributed by atoms with van der Waals surface area (Å²) < 4.78 is 12.3. The number of thiazole rings is 1. The Labute approximate surface area is 111 Å². The molecule has 0 aliphatic rings. The molecule has 0 fully saturated rings. The number of benzene rings is 1. The van der Waals surface area contributed by atoms with Crippen LogP contribution in [0.2, 0.25) is 0 Å². The van der Waals surface area contributed by atoms with Gasteiger partial charge in [-0.15, -0.1) is 11.3 Å². The van der Waals surface area contributed by atoms with E-state index >= 15 is 0 Å². The second-order valence-corrected chi connectivity index (χ2v) is 4.84. The van der Waals surface area contributed by atoms with E-state index in [4.69, 9.17) is 15.2 Å². The van der Waals surface area contributed by atoms with Crippen LogP contribution in [0, 0.1) is 0 Å². The van der Waals surface area contributed by atoms with Crippen molar-refractivity contribution in [3.63, 3.8) is 0 Å². The van der Waals surface area contributed by atoms with Gasteiger partial charge in [-0.3, -0.25) is 0 Å². The number of rotatable bonds is 6. The van der Waals surface area contributed by atoms with Crippen molar-refractivity contribution >= 4 is 21.6 Å². The summed E-state index contributed by atoms with van der Waals surface area (Å²) in [6.07, 6.45) is 0.788. The number of aromatic nitrogens is 1. The van der Waals surface area contributed by atoms with Crippen LogP contribution in [0.4, 0.5) is 0 Å². The van der Waals surface area contributed by atoms with Gasteiger partial charge in [-0.2, -0.15) is 0 Å². The Morgan fingerprint density at radius 1 is 1.17 bits per heavy atom. The predicted octanol–water partition coefficient (Wildman–Crippen LogP) is 2.59. The van der Waals surface area contributed by atoms with E-state index in [0.717, 1.165) is 33.1 Å². The Morgan fingerprint density at radius 3 is 2.50 bits per heavy atom. The van der Waals surface area contributed by atoms with Crippen molar-refractivity contribution in [3.8, 4) is 11.5 Å². The average Bonchev–Trinajstić information content (AvgIpc) is 2.77. The quantitative estimate of drug-likeness (QED) is 0.873. The van der Waals surface area contributed by atoms with Crippen LogP contribution in [0.15, 0.2) is 12.1 Å². The highest BCUT2D eigenvalue weighted by Gasteiger charge is 2.13. The minimum Gasteiger partial charge on any atom is -0.492 e. The summed E-state index contributed by atoms with van der Waals surface area (Å²) in [6.45, 7) is 5.83. The van der Waals surface area contributed by atoms with Gasteiger partial charge in [0.25, 0.3) is 0 Å². The van der Waals surface area contributed by atoms with E-state index in [1.54, 1.807) is 11.3 Å². The van der Waals surface area contributed by atoms with Crippen LogP contribution in [-0.2, 0) is 6.42 Å². The lowest BCUT2D eigenvalue weighted by molar-refractivity contribution is 0.336. The fourth-order valence-corrected chi connectivity index (χ4v) is 2.84. The molecule has 0 bridgehead atoms. The summed E-state index contributed by atoms with van der Waals surface area (Å²) in [7, 11) is 0. The SMILES string of the molecule is CCOc1ccc(OCC)c2sc(CCN)nc12. The molecular formula is C13H18N2O2S. The van der Waals surface area contributed by atoms with E-state index < -0.39 is 0 Å². The molecule has 2 rings (SSSR count). The lowest BCUT2D eigenvalue weighted by atomic mass is 10.3. The highest BCUT2D eigenvalue weighted by molar-refractivity contribution is 7.19. The van der Waals surface area contributed by atoms with Gasteiger partial charge in [0, 0.05) is 6.42 Å². The molecule has 98 valence electrons. The summed E-state index contributed by atoms with van der Waals surface area (Å²) in [5, 5.41) is 1.03. The lowest BCUT2D eigenvalue weighted by Gasteiger charge is -2.07. The van der Waals surface area contributed by atoms with E-state index in [-0.39, 0.29) is 0 Å². The Morgan fingerprint density at radius 2 is 1.83 bits per heavy atom. The molecular weight excluding hydrogens is 248 g/mol. The van der Waals surface area contributed by atoms with Crippen LogP contribution < -0.4 is 15.2 Å². The number of hydrogen-bond donors (Lipinski definition) is 1. The van der Waals surface area contributed by atoms with Crippen molar-refractivity contribution in [2.75, 3.05) is 19.8 Å². The topological polar surface area (TPSA) is 57.4 Å². The Hall–Kier alpha value is -1.33. The number of hydrogen-bond acceptors (Lipinski definition) is 5. The van der Waals surface area contributed by atoms with Gasteiger partial charge in [-0.1, -0.05) is 0 Å². The first-order valence-corrected chi connectivity index (χ1v) is 6.99. The fourth-order valence-electron chi connectivity index (χ4n) is 1.78. The normalized spacial score (nSPS) is 10.8. The maximum absolute atomic E-state index is 5.63. The molecule has 0 aliphatic carbocycles. The summed E-state index contributed by atoms with van der Waals surface area (Å²) in [6, 6.07) is 3.87. The van der Waals surface area contributed by atoms with Gasteiger partial charge in [0.2, 0.25) is 0 Å². The number of fused-ring (bicyclic) bond motifs is 1. The Bertz CT molecular complexity index is 482. The first-order chi connectivity index (χ1) is 8.80. The van der Waals surface area contributed by atoms with Gasteiger partial charge in [-0.05, 0) is 32.5 Å². The van der Waals surface area contributed by atoms with E-state index in [9.17, 15) is 0 Å². The maximum atomic E-state index is 5.63. The van der Waals surface area contributed by atoms with Crippen LogP contribution in [0.5, 0.6) is 11.5 Å². The summed E-state index contributed by atoms with van der Waals surface area (Å²) >= 11 is 1.63. The molecule has 1 aromatic heterocycles. The monoisotopic (exact) mass is 266 g/mol. The molecule has 0 saturated heterocycles. The molecule has 18 heavy (non-hydrogen) atoms.